The van der Waals surface area contributed by atoms with Gasteiger partial charge in [-0.1, -0.05) is 0 Å². The molecule has 92 valence electrons. The zero-order valence-corrected chi connectivity index (χ0v) is 10.2. The summed E-state index contributed by atoms with van der Waals surface area (Å²) in [7, 11) is 2.17. The van der Waals surface area contributed by atoms with Crippen molar-refractivity contribution in [2.45, 2.75) is 31.7 Å². The zero-order chi connectivity index (χ0) is 11.4. The third kappa shape index (κ3) is 4.10. The highest BCUT2D eigenvalue weighted by Gasteiger charge is 2.23. The van der Waals surface area contributed by atoms with E-state index in [4.69, 9.17) is 0 Å². The first kappa shape index (κ1) is 11.9. The highest BCUT2D eigenvalue weighted by atomic mass is 16.2. The molecule has 0 aromatic rings. The largest absolute Gasteiger partial charge is 0.352 e. The quantitative estimate of drug-likeness (QED) is 0.702. The monoisotopic (exact) mass is 225 g/mol. The number of nitrogens with one attached hydrogen (secondary N) is 2. The summed E-state index contributed by atoms with van der Waals surface area (Å²) in [5, 5.41) is 6.26. The Balaban J connectivity index is 1.54. The van der Waals surface area contributed by atoms with Gasteiger partial charge < -0.3 is 15.5 Å². The molecule has 1 saturated carbocycles. The van der Waals surface area contributed by atoms with Crippen LogP contribution in [0, 0.1) is 5.92 Å². The molecule has 2 fully saturated rings. The Morgan fingerprint density at radius 1 is 1.38 bits per heavy atom. The van der Waals surface area contributed by atoms with Crippen molar-refractivity contribution < 1.29 is 4.79 Å². The number of hydrogen-bond acceptors (Lipinski definition) is 3. The van der Waals surface area contributed by atoms with Gasteiger partial charge in [0, 0.05) is 12.6 Å². The fourth-order valence-electron chi connectivity index (χ4n) is 2.34. The first-order chi connectivity index (χ1) is 7.74. The van der Waals surface area contributed by atoms with E-state index in [1.165, 1.54) is 32.2 Å². The summed E-state index contributed by atoms with van der Waals surface area (Å²) in [6, 6.07) is 0.482. The molecule has 0 aromatic heterocycles. The topological polar surface area (TPSA) is 44.4 Å². The molecule has 2 N–H and O–H groups in total. The zero-order valence-electron chi connectivity index (χ0n) is 10.2. The van der Waals surface area contributed by atoms with Crippen LogP contribution in [0.15, 0.2) is 0 Å². The molecule has 4 heteroatoms. The minimum Gasteiger partial charge on any atom is -0.352 e. The van der Waals surface area contributed by atoms with Gasteiger partial charge in [-0.25, -0.2) is 0 Å². The lowest BCUT2D eigenvalue weighted by Crippen LogP contribution is -2.41. The van der Waals surface area contributed by atoms with E-state index in [9.17, 15) is 4.79 Å². The van der Waals surface area contributed by atoms with Gasteiger partial charge in [0.15, 0.2) is 0 Å². The van der Waals surface area contributed by atoms with Crippen LogP contribution in [0.2, 0.25) is 0 Å². The van der Waals surface area contributed by atoms with Gasteiger partial charge in [0.25, 0.3) is 0 Å². The standard InChI is InChI=1S/C12H23N3O/c1-15-6-2-3-10(9-15)7-13-8-12(16)14-11-4-5-11/h10-11,13H,2-9H2,1H3,(H,14,16). The predicted octanol–water partition coefficient (Wildman–Crippen LogP) is 0.196. The summed E-state index contributed by atoms with van der Waals surface area (Å²) in [6.45, 7) is 3.84. The molecule has 0 aromatic carbocycles. The van der Waals surface area contributed by atoms with Crippen LogP contribution in [0.4, 0.5) is 0 Å². The van der Waals surface area contributed by atoms with E-state index in [0.29, 0.717) is 18.5 Å². The summed E-state index contributed by atoms with van der Waals surface area (Å²) < 4.78 is 0. The number of rotatable bonds is 5. The highest BCUT2D eigenvalue weighted by Crippen LogP contribution is 2.18. The number of piperidine rings is 1. The van der Waals surface area contributed by atoms with Crippen LogP contribution >= 0.6 is 0 Å². The maximum absolute atomic E-state index is 11.4. The molecule has 16 heavy (non-hydrogen) atoms. The first-order valence-electron chi connectivity index (χ1n) is 6.42. The average Bonchev–Trinajstić information content (AvgIpc) is 3.02. The van der Waals surface area contributed by atoms with E-state index in [1.54, 1.807) is 0 Å². The summed E-state index contributed by atoms with van der Waals surface area (Å²) in [5.74, 6) is 0.874. The Labute approximate surface area is 97.8 Å². The third-order valence-corrected chi connectivity index (χ3v) is 3.38. The smallest absolute Gasteiger partial charge is 0.234 e. The van der Waals surface area contributed by atoms with Crippen molar-refractivity contribution in [3.63, 3.8) is 0 Å². The van der Waals surface area contributed by atoms with Gasteiger partial charge in [0.1, 0.15) is 0 Å². The molecule has 1 saturated heterocycles. The molecule has 0 radical (unpaired) electrons. The van der Waals surface area contributed by atoms with Gasteiger partial charge in [-0.15, -0.1) is 0 Å². The summed E-state index contributed by atoms with van der Waals surface area (Å²) in [6.07, 6.45) is 4.91. The number of nitrogens with zero attached hydrogens (tertiary/aromatic N) is 1. The van der Waals surface area contributed by atoms with Crippen molar-refractivity contribution in [1.82, 2.24) is 15.5 Å². The molecule has 1 unspecified atom stereocenters. The van der Waals surface area contributed by atoms with E-state index in [0.717, 1.165) is 13.1 Å². The molecular formula is C12H23N3O. The van der Waals surface area contributed by atoms with E-state index >= 15 is 0 Å². The van der Waals surface area contributed by atoms with Crippen molar-refractivity contribution in [3.05, 3.63) is 0 Å². The van der Waals surface area contributed by atoms with Gasteiger partial charge in [0.2, 0.25) is 5.91 Å². The molecule has 4 nitrogen and oxygen atoms in total. The van der Waals surface area contributed by atoms with Crippen molar-refractivity contribution in [2.24, 2.45) is 5.92 Å². The molecule has 1 heterocycles. The SMILES string of the molecule is CN1CCCC(CNCC(=O)NC2CC2)C1. The molecule has 1 aliphatic heterocycles. The molecule has 1 aliphatic carbocycles. The number of likely N-dealkylation sites (tertiary alicyclic amines) is 1. The van der Waals surface area contributed by atoms with Gasteiger partial charge in [-0.3, -0.25) is 4.79 Å². The lowest BCUT2D eigenvalue weighted by Gasteiger charge is -2.29. The second kappa shape index (κ2) is 5.64. The van der Waals surface area contributed by atoms with Crippen LogP contribution in [0.5, 0.6) is 0 Å². The number of hydrogen-bond donors (Lipinski definition) is 2. The minimum atomic E-state index is 0.159. The Morgan fingerprint density at radius 2 is 2.19 bits per heavy atom. The lowest BCUT2D eigenvalue weighted by molar-refractivity contribution is -0.120. The van der Waals surface area contributed by atoms with Crippen LogP contribution in [0.25, 0.3) is 0 Å². The summed E-state index contributed by atoms with van der Waals surface area (Å²) in [4.78, 5) is 13.8. The molecule has 2 aliphatic rings. The van der Waals surface area contributed by atoms with Crippen molar-refractivity contribution in [3.8, 4) is 0 Å². The third-order valence-electron chi connectivity index (χ3n) is 3.38. The fourth-order valence-corrected chi connectivity index (χ4v) is 2.34. The molecular weight excluding hydrogens is 202 g/mol. The van der Waals surface area contributed by atoms with Gasteiger partial charge in [-0.05, 0) is 51.7 Å². The maximum Gasteiger partial charge on any atom is 0.234 e. The number of carbonyl (C=O) groups excluding carboxylic acids is 1. The van der Waals surface area contributed by atoms with Gasteiger partial charge in [-0.2, -0.15) is 0 Å². The van der Waals surface area contributed by atoms with Crippen LogP contribution in [0.3, 0.4) is 0 Å². The average molecular weight is 225 g/mol. The van der Waals surface area contributed by atoms with Crippen molar-refractivity contribution >= 4 is 5.91 Å². The second-order valence-corrected chi connectivity index (χ2v) is 5.24. The highest BCUT2D eigenvalue weighted by molar-refractivity contribution is 5.78. The first-order valence-corrected chi connectivity index (χ1v) is 6.42. The summed E-state index contributed by atoms with van der Waals surface area (Å²) >= 11 is 0. The predicted molar refractivity (Wildman–Crippen MR) is 64.3 cm³/mol. The normalized spacial score (nSPS) is 26.7. The number of carbonyl (C=O) groups is 1. The Bertz CT molecular complexity index is 240. The second-order valence-electron chi connectivity index (χ2n) is 5.24. The lowest BCUT2D eigenvalue weighted by atomic mass is 9.98. The molecule has 0 bridgehead atoms. The number of amides is 1. The van der Waals surface area contributed by atoms with Crippen molar-refractivity contribution in [2.75, 3.05) is 33.2 Å². The van der Waals surface area contributed by atoms with Crippen LogP contribution in [0.1, 0.15) is 25.7 Å². The fraction of sp³-hybridized carbons (Fsp3) is 0.917. The van der Waals surface area contributed by atoms with E-state index < -0.39 is 0 Å². The van der Waals surface area contributed by atoms with E-state index in [2.05, 4.69) is 22.6 Å². The van der Waals surface area contributed by atoms with Gasteiger partial charge in [0.05, 0.1) is 6.54 Å². The Morgan fingerprint density at radius 3 is 2.88 bits per heavy atom. The Hall–Kier alpha value is -0.610. The van der Waals surface area contributed by atoms with Crippen LogP contribution in [-0.4, -0.2) is 50.1 Å². The van der Waals surface area contributed by atoms with E-state index in [-0.39, 0.29) is 5.91 Å². The molecule has 2 rings (SSSR count). The van der Waals surface area contributed by atoms with Crippen molar-refractivity contribution in [1.29, 1.82) is 0 Å². The summed E-state index contributed by atoms with van der Waals surface area (Å²) in [5.41, 5.74) is 0. The Kier molecular flexibility index (Phi) is 4.18. The minimum absolute atomic E-state index is 0.159. The van der Waals surface area contributed by atoms with Crippen LogP contribution < -0.4 is 10.6 Å². The molecule has 0 spiro atoms. The molecule has 1 atom stereocenters. The van der Waals surface area contributed by atoms with Crippen LogP contribution in [-0.2, 0) is 4.79 Å². The van der Waals surface area contributed by atoms with E-state index in [1.807, 2.05) is 0 Å². The maximum atomic E-state index is 11.4. The van der Waals surface area contributed by atoms with Gasteiger partial charge >= 0.3 is 0 Å². The molecule has 1 amide bonds.